The summed E-state index contributed by atoms with van der Waals surface area (Å²) in [5.41, 5.74) is 2.03. The highest BCUT2D eigenvalue weighted by atomic mass is 16.7. The molecule has 3 heterocycles. The van der Waals surface area contributed by atoms with Crippen LogP contribution in [0, 0.1) is 0 Å². The van der Waals surface area contributed by atoms with Crippen molar-refractivity contribution in [1.82, 2.24) is 15.6 Å². The molecule has 0 atom stereocenters. The lowest BCUT2D eigenvalue weighted by molar-refractivity contribution is 0.0941. The molecule has 0 saturated heterocycles. The van der Waals surface area contributed by atoms with Crippen molar-refractivity contribution < 1.29 is 28.5 Å². The smallest absolute Gasteiger partial charge is 0.270 e. The zero-order chi connectivity index (χ0) is 21.9. The Morgan fingerprint density at radius 2 is 1.16 bits per heavy atom. The molecular formula is C23H19N3O6. The van der Waals surface area contributed by atoms with Crippen molar-refractivity contribution in [3.05, 3.63) is 77.1 Å². The van der Waals surface area contributed by atoms with Crippen LogP contribution in [0.5, 0.6) is 23.0 Å². The summed E-state index contributed by atoms with van der Waals surface area (Å²) in [5, 5.41) is 5.60. The molecule has 0 spiro atoms. The fraction of sp³-hybridized carbons (Fsp3) is 0.174. The number of ether oxygens (including phenoxy) is 4. The topological polar surface area (TPSA) is 108 Å². The lowest BCUT2D eigenvalue weighted by Crippen LogP contribution is -2.27. The Labute approximate surface area is 183 Å². The number of hydrogen-bond acceptors (Lipinski definition) is 7. The summed E-state index contributed by atoms with van der Waals surface area (Å²) in [4.78, 5) is 29.3. The molecule has 0 unspecified atom stereocenters. The Bertz CT molecular complexity index is 1110. The molecule has 2 amide bonds. The summed E-state index contributed by atoms with van der Waals surface area (Å²) in [6.45, 7) is 0.965. The summed E-state index contributed by atoms with van der Waals surface area (Å²) in [7, 11) is 0. The van der Waals surface area contributed by atoms with Crippen LogP contribution < -0.4 is 29.6 Å². The van der Waals surface area contributed by atoms with E-state index in [9.17, 15) is 9.59 Å². The predicted octanol–water partition coefficient (Wildman–Crippen LogP) is 2.40. The lowest BCUT2D eigenvalue weighted by Gasteiger charge is -2.08. The Balaban J connectivity index is 1.19. The maximum atomic E-state index is 12.5. The van der Waals surface area contributed by atoms with E-state index in [0.717, 1.165) is 11.1 Å². The standard InChI is InChI=1S/C23H19N3O6/c27-22(24-10-14-4-6-18-20(8-14)31-12-29-18)16-2-1-3-17(26-16)23(28)25-11-15-5-7-19-21(9-15)32-13-30-19/h1-9H,10-13H2,(H,24,27)(H,25,28). The van der Waals surface area contributed by atoms with Gasteiger partial charge >= 0.3 is 0 Å². The van der Waals surface area contributed by atoms with Gasteiger partial charge in [0.05, 0.1) is 0 Å². The number of pyridine rings is 1. The minimum atomic E-state index is -0.381. The van der Waals surface area contributed by atoms with Crippen LogP contribution in [0.15, 0.2) is 54.6 Å². The average molecular weight is 433 g/mol. The van der Waals surface area contributed by atoms with Crippen LogP contribution in [-0.4, -0.2) is 30.4 Å². The van der Waals surface area contributed by atoms with Crippen molar-refractivity contribution in [2.75, 3.05) is 13.6 Å². The fourth-order valence-corrected chi connectivity index (χ4v) is 3.34. The monoisotopic (exact) mass is 433 g/mol. The Morgan fingerprint density at radius 3 is 1.66 bits per heavy atom. The van der Waals surface area contributed by atoms with Crippen LogP contribution in [0.3, 0.4) is 0 Å². The van der Waals surface area contributed by atoms with Crippen LogP contribution in [0.1, 0.15) is 32.1 Å². The number of aromatic nitrogens is 1. The van der Waals surface area contributed by atoms with Gasteiger partial charge in [-0.2, -0.15) is 0 Å². The minimum absolute atomic E-state index is 0.154. The molecular weight excluding hydrogens is 414 g/mol. The maximum Gasteiger partial charge on any atom is 0.270 e. The van der Waals surface area contributed by atoms with Gasteiger partial charge in [-0.05, 0) is 47.5 Å². The zero-order valence-electron chi connectivity index (χ0n) is 16.9. The van der Waals surface area contributed by atoms with E-state index in [4.69, 9.17) is 18.9 Å². The highest BCUT2D eigenvalue weighted by Crippen LogP contribution is 2.33. The molecule has 0 saturated carbocycles. The lowest BCUT2D eigenvalue weighted by atomic mass is 10.2. The highest BCUT2D eigenvalue weighted by molar-refractivity contribution is 5.96. The van der Waals surface area contributed by atoms with Gasteiger partial charge in [-0.3, -0.25) is 9.59 Å². The van der Waals surface area contributed by atoms with E-state index < -0.39 is 0 Å². The second kappa shape index (κ2) is 8.46. The molecule has 5 rings (SSSR count). The molecule has 9 nitrogen and oxygen atoms in total. The number of benzene rings is 2. The third-order valence-electron chi connectivity index (χ3n) is 4.99. The third kappa shape index (κ3) is 4.13. The molecule has 0 aliphatic carbocycles. The van der Waals surface area contributed by atoms with Gasteiger partial charge < -0.3 is 29.6 Å². The first kappa shape index (κ1) is 19.7. The van der Waals surface area contributed by atoms with Crippen molar-refractivity contribution in [2.24, 2.45) is 0 Å². The number of amides is 2. The molecule has 3 aromatic rings. The molecule has 2 N–H and O–H groups in total. The largest absolute Gasteiger partial charge is 0.454 e. The van der Waals surface area contributed by atoms with E-state index in [2.05, 4.69) is 15.6 Å². The summed E-state index contributed by atoms with van der Waals surface area (Å²) in [6.07, 6.45) is 0. The number of carbonyl (C=O) groups excluding carboxylic acids is 2. The molecule has 0 radical (unpaired) electrons. The second-order valence-corrected chi connectivity index (χ2v) is 7.15. The van der Waals surface area contributed by atoms with Gasteiger partial charge in [-0.15, -0.1) is 0 Å². The van der Waals surface area contributed by atoms with Gasteiger partial charge in [-0.25, -0.2) is 4.98 Å². The summed E-state index contributed by atoms with van der Waals surface area (Å²) in [6, 6.07) is 15.7. The SMILES string of the molecule is O=C(NCc1ccc2c(c1)OCO2)c1cccc(C(=O)NCc2ccc3c(c2)OCO3)n1. The Kier molecular flexibility index (Phi) is 5.20. The zero-order valence-corrected chi connectivity index (χ0v) is 16.9. The van der Waals surface area contributed by atoms with Crippen molar-refractivity contribution in [2.45, 2.75) is 13.1 Å². The molecule has 1 aromatic heterocycles. The van der Waals surface area contributed by atoms with Crippen LogP contribution in [0.4, 0.5) is 0 Å². The fourth-order valence-electron chi connectivity index (χ4n) is 3.34. The minimum Gasteiger partial charge on any atom is -0.454 e. The van der Waals surface area contributed by atoms with Crippen LogP contribution in [-0.2, 0) is 13.1 Å². The number of fused-ring (bicyclic) bond motifs is 2. The Morgan fingerprint density at radius 1 is 0.688 bits per heavy atom. The molecule has 2 aromatic carbocycles. The molecule has 2 aliphatic rings. The molecule has 2 aliphatic heterocycles. The van der Waals surface area contributed by atoms with E-state index in [0.29, 0.717) is 23.0 Å². The second-order valence-electron chi connectivity index (χ2n) is 7.15. The van der Waals surface area contributed by atoms with Crippen LogP contribution in [0.25, 0.3) is 0 Å². The third-order valence-corrected chi connectivity index (χ3v) is 4.99. The van der Waals surface area contributed by atoms with Crippen molar-refractivity contribution in [3.63, 3.8) is 0 Å². The first-order valence-electron chi connectivity index (χ1n) is 9.96. The van der Waals surface area contributed by atoms with E-state index in [1.165, 1.54) is 0 Å². The number of rotatable bonds is 6. The first-order valence-corrected chi connectivity index (χ1v) is 9.96. The molecule has 32 heavy (non-hydrogen) atoms. The van der Waals surface area contributed by atoms with E-state index in [1.807, 2.05) is 24.3 Å². The predicted molar refractivity (Wildman–Crippen MR) is 112 cm³/mol. The van der Waals surface area contributed by atoms with Crippen molar-refractivity contribution >= 4 is 11.8 Å². The summed E-state index contributed by atoms with van der Waals surface area (Å²) in [5.74, 6) is 1.90. The van der Waals surface area contributed by atoms with Crippen LogP contribution in [0.2, 0.25) is 0 Å². The average Bonchev–Trinajstić information content (AvgIpc) is 3.49. The maximum absolute atomic E-state index is 12.5. The number of nitrogens with zero attached hydrogens (tertiary/aromatic N) is 1. The normalized spacial score (nSPS) is 13.0. The van der Waals surface area contributed by atoms with E-state index in [1.54, 1.807) is 30.3 Å². The number of nitrogens with one attached hydrogen (secondary N) is 2. The molecule has 0 bridgehead atoms. The van der Waals surface area contributed by atoms with Gasteiger partial charge in [0.2, 0.25) is 13.6 Å². The first-order chi connectivity index (χ1) is 15.7. The van der Waals surface area contributed by atoms with Gasteiger partial charge in [0, 0.05) is 13.1 Å². The summed E-state index contributed by atoms with van der Waals surface area (Å²) >= 11 is 0. The Hall–Kier alpha value is -4.27. The van der Waals surface area contributed by atoms with Gasteiger partial charge in [0.15, 0.2) is 23.0 Å². The summed E-state index contributed by atoms with van der Waals surface area (Å²) < 4.78 is 21.3. The van der Waals surface area contributed by atoms with Crippen LogP contribution >= 0.6 is 0 Å². The molecule has 162 valence electrons. The highest BCUT2D eigenvalue weighted by Gasteiger charge is 2.16. The van der Waals surface area contributed by atoms with E-state index in [-0.39, 0.29) is 49.9 Å². The molecule has 9 heteroatoms. The van der Waals surface area contributed by atoms with Crippen molar-refractivity contribution in [3.8, 4) is 23.0 Å². The van der Waals surface area contributed by atoms with Gasteiger partial charge in [-0.1, -0.05) is 18.2 Å². The van der Waals surface area contributed by atoms with Crippen molar-refractivity contribution in [1.29, 1.82) is 0 Å². The van der Waals surface area contributed by atoms with Gasteiger partial charge in [0.1, 0.15) is 11.4 Å². The van der Waals surface area contributed by atoms with Gasteiger partial charge in [0.25, 0.3) is 11.8 Å². The number of carbonyl (C=O) groups is 2. The number of hydrogen-bond donors (Lipinski definition) is 2. The quantitative estimate of drug-likeness (QED) is 0.615. The van der Waals surface area contributed by atoms with E-state index >= 15 is 0 Å². The molecule has 0 fully saturated rings.